The largest absolute Gasteiger partial charge is 0.457 e. The highest BCUT2D eigenvalue weighted by Crippen LogP contribution is 2.57. The lowest BCUT2D eigenvalue weighted by Crippen LogP contribution is -2.35. The normalized spacial score (nSPS) is 12.7. The first-order chi connectivity index (χ1) is 66.1. The van der Waals surface area contributed by atoms with Crippen molar-refractivity contribution in [2.75, 3.05) is 10.2 Å². The number of rotatable bonds is 52. The first-order valence-corrected chi connectivity index (χ1v) is 52.6. The van der Waals surface area contributed by atoms with Crippen molar-refractivity contribution in [3.8, 4) is 46.0 Å². The zero-order valence-corrected chi connectivity index (χ0v) is 80.3. The molecule has 0 aliphatic carbocycles. The summed E-state index contributed by atoms with van der Waals surface area (Å²) in [5, 5.41) is 20.2. The van der Waals surface area contributed by atoms with E-state index in [1.165, 1.54) is 259 Å². The Kier molecular flexibility index (Phi) is 29.8. The van der Waals surface area contributed by atoms with Crippen LogP contribution in [0.3, 0.4) is 0 Å². The van der Waals surface area contributed by atoms with Gasteiger partial charge in [-0.3, -0.25) is 14.0 Å². The lowest BCUT2D eigenvalue weighted by Gasteiger charge is -2.29. The van der Waals surface area contributed by atoms with Crippen molar-refractivity contribution in [1.29, 1.82) is 0 Å². The molecule has 0 unspecified atom stereocenters. The molecule has 0 saturated heterocycles. The highest BCUT2D eigenvalue weighted by Gasteiger charge is 2.38. The van der Waals surface area contributed by atoms with Gasteiger partial charge in [0.05, 0.1) is 34.3 Å². The monoisotopic (exact) mass is 1780 g/mol. The molecule has 1 N–H and O–H groups in total. The van der Waals surface area contributed by atoms with Gasteiger partial charge in [0, 0.05) is 59.3 Å². The lowest BCUT2D eigenvalue weighted by molar-refractivity contribution is 0.480. The average Bonchev–Trinajstić information content (AvgIpc) is 1.08. The number of imidazole rings is 1. The molecule has 2 aliphatic heterocycles. The van der Waals surface area contributed by atoms with Crippen LogP contribution in [-0.2, 0) is 32.2 Å². The predicted octanol–water partition coefficient (Wildman–Crippen LogP) is 35.7. The van der Waals surface area contributed by atoms with Crippen LogP contribution >= 0.6 is 0 Å². The topological polar surface area (TPSA) is 104 Å². The molecule has 690 valence electrons. The molecule has 0 saturated carbocycles. The third-order valence-corrected chi connectivity index (χ3v) is 29.6. The first-order valence-electron chi connectivity index (χ1n) is 52.6. The number of nitrogens with zero attached hydrogens (tertiary/aromatic N) is 3. The summed E-state index contributed by atoms with van der Waals surface area (Å²) in [7, 11) is 0. The maximum Gasteiger partial charge on any atom is 0.264 e. The molecule has 17 aromatic rings. The molecule has 0 amide bonds. The highest BCUT2D eigenvalue weighted by molar-refractivity contribution is 6.42. The van der Waals surface area contributed by atoms with Crippen LogP contribution in [0.15, 0.2) is 222 Å². The summed E-state index contributed by atoms with van der Waals surface area (Å²) >= 11 is 0. The van der Waals surface area contributed by atoms with Gasteiger partial charge in [0.1, 0.15) is 51.7 Å². The van der Waals surface area contributed by atoms with E-state index in [0.717, 1.165) is 122 Å². The van der Waals surface area contributed by atoms with E-state index in [2.05, 4.69) is 244 Å². The van der Waals surface area contributed by atoms with E-state index in [4.69, 9.17) is 23.9 Å². The van der Waals surface area contributed by atoms with Crippen molar-refractivity contribution in [2.45, 2.75) is 317 Å². The van der Waals surface area contributed by atoms with E-state index in [1.807, 2.05) is 10.5 Å². The Hall–Kier alpha value is -11.8. The summed E-state index contributed by atoms with van der Waals surface area (Å²) in [5.41, 5.74) is 8.89. The summed E-state index contributed by atoms with van der Waals surface area (Å²) in [6.07, 6.45) is 54.9. The molecule has 10 nitrogen and oxygen atoms in total. The van der Waals surface area contributed by atoms with Gasteiger partial charge in [-0.05, 0) is 232 Å². The van der Waals surface area contributed by atoms with Crippen LogP contribution < -0.4 is 45.4 Å². The van der Waals surface area contributed by atoms with E-state index < -0.39 is 0 Å². The molecule has 4 heterocycles. The number of ether oxygens (including phenoxy) is 4. The summed E-state index contributed by atoms with van der Waals surface area (Å²) in [6.45, 7) is 9.39. The molecular weight excluding hydrogens is 1640 g/mol. The fraction of sp³-hybridized carbons (Fsp3) is 0.395. The number of hydrogen-bond acceptors (Lipinski definition) is 9. The smallest absolute Gasteiger partial charge is 0.264 e. The Bertz CT molecular complexity index is 7120. The molecular formula is C124H138N4O6. The van der Waals surface area contributed by atoms with Crippen LogP contribution in [0.1, 0.15) is 312 Å². The van der Waals surface area contributed by atoms with Crippen LogP contribution in [-0.4, -0.2) is 9.38 Å². The van der Waals surface area contributed by atoms with Crippen molar-refractivity contribution < 1.29 is 18.9 Å². The lowest BCUT2D eigenvalue weighted by atomic mass is 9.83. The Morgan fingerprint density at radius 2 is 0.649 bits per heavy atom. The number of anilines is 2. The van der Waals surface area contributed by atoms with E-state index in [0.29, 0.717) is 106 Å². The predicted molar refractivity (Wildman–Crippen MR) is 568 cm³/mol. The number of aromatic nitrogens is 2. The number of fused-ring (bicyclic) bond motifs is 13. The molecule has 19 rings (SSSR count). The third kappa shape index (κ3) is 20.3. The van der Waals surface area contributed by atoms with Gasteiger partial charge in [-0.2, -0.15) is 0 Å². The summed E-state index contributed by atoms with van der Waals surface area (Å²) < 4.78 is 33.0. The van der Waals surface area contributed by atoms with Crippen molar-refractivity contribution >= 4 is 131 Å². The highest BCUT2D eigenvalue weighted by atomic mass is 16.5. The molecule has 0 bridgehead atoms. The Labute approximate surface area is 792 Å². The molecule has 0 fully saturated rings. The minimum atomic E-state index is -0.246. The minimum Gasteiger partial charge on any atom is -0.457 e. The first kappa shape index (κ1) is 91.4. The zero-order valence-electron chi connectivity index (χ0n) is 80.3. The minimum absolute atomic E-state index is 0.161. The second kappa shape index (κ2) is 43.7. The summed E-state index contributed by atoms with van der Waals surface area (Å²) in [6, 6.07) is 75.8. The van der Waals surface area contributed by atoms with E-state index in [1.54, 1.807) is 0 Å². The molecule has 2 aliphatic rings. The summed E-state index contributed by atoms with van der Waals surface area (Å²) in [5.74, 6) is 4.93. The van der Waals surface area contributed by atoms with Gasteiger partial charge in [0.2, 0.25) is 5.43 Å². The quantitative estimate of drug-likeness (QED) is 0.0227. The van der Waals surface area contributed by atoms with Gasteiger partial charge in [-0.1, -0.05) is 356 Å². The molecule has 134 heavy (non-hydrogen) atoms. The van der Waals surface area contributed by atoms with E-state index in [9.17, 15) is 0 Å². The Morgan fingerprint density at radius 1 is 0.306 bits per heavy atom. The molecule has 0 atom stereocenters. The van der Waals surface area contributed by atoms with E-state index >= 15 is 9.59 Å². The van der Waals surface area contributed by atoms with E-state index in [-0.39, 0.29) is 23.3 Å². The Balaban J connectivity index is 0.828. The molecule has 10 heteroatoms. The SMILES string of the molecule is CCCCCCCCCCCCc1ccc(Oc2cc3c4c(c(=O)c(Oc5ccc(CCCCCCCCCCCC)cc5)c5c6c(Oc7ccc(CCCCCCCCCCCC)cc7)cc7c8c(cc(Oc9ccc(CCCCCCCCCCCC)cc9)c(c2c45)c68)c(=O)n2c4cc5cc6ccccc6cc5cc4nc72)CN2C=3Nc3cc4cc5ccccc5cc4cc32)cc1. The zero-order chi connectivity index (χ0) is 91.1. The summed E-state index contributed by atoms with van der Waals surface area (Å²) in [4.78, 5) is 42.5. The van der Waals surface area contributed by atoms with Crippen molar-refractivity contribution in [3.05, 3.63) is 266 Å². The third-order valence-electron chi connectivity index (χ3n) is 29.6. The number of hydrogen-bond donors (Lipinski definition) is 1. The van der Waals surface area contributed by atoms with Crippen LogP contribution in [0.4, 0.5) is 11.4 Å². The second-order valence-electron chi connectivity index (χ2n) is 39.6. The van der Waals surface area contributed by atoms with Gasteiger partial charge in [0.25, 0.3) is 5.56 Å². The fourth-order valence-corrected chi connectivity index (χ4v) is 22.1. The van der Waals surface area contributed by atoms with Crippen LogP contribution in [0.25, 0.3) is 119 Å². The van der Waals surface area contributed by atoms with Crippen LogP contribution in [0.5, 0.6) is 46.0 Å². The number of aryl methyl sites for hydroxylation is 4. The Morgan fingerprint density at radius 3 is 1.06 bits per heavy atom. The maximum absolute atomic E-state index is 17.5. The van der Waals surface area contributed by atoms with Crippen molar-refractivity contribution in [3.63, 3.8) is 0 Å². The molecule has 2 aromatic heterocycles. The van der Waals surface area contributed by atoms with Crippen LogP contribution in [0, 0.1) is 0 Å². The number of pyridine rings is 1. The van der Waals surface area contributed by atoms with Crippen molar-refractivity contribution in [1.82, 2.24) is 9.38 Å². The average molecular weight is 1780 g/mol. The van der Waals surface area contributed by atoms with Crippen LogP contribution in [0.2, 0.25) is 0 Å². The molecule has 0 radical (unpaired) electrons. The standard InChI is InChI=1S/C124H138N4O6/c1-5-9-13-17-21-25-29-33-37-41-49-85-57-65-97(66-58-85)131-109-81-101-113-104(84-127-107-79-95-75-91-55-47-45-53-89(91)73-93(95)77-105(107)125-122(101)127)120(129)121(134-100-71-63-88(64-72-100)52-44-40-36-32-28-24-20-16-12-8-4)119-116-110(132-98-67-59-86(60-68-98)50-42-38-34-30-26-22-18-14-10-6-2)82-102-112-103(124(130)128-108-80-96-76-92-56-48-46-54-90(92)74-94(96)78-106(108)126-123(102)128)83-111(114(117(112)116)115(109)118(113)119)133-99-69-61-87(62-70-99)51-43-39-35-31-27-23-19-15-11-7-3/h45-48,53-83,125H,5-44,49-52,84H2,1-4H3. The van der Waals surface area contributed by atoms with Gasteiger partial charge in [0.15, 0.2) is 5.75 Å². The van der Waals surface area contributed by atoms with Gasteiger partial charge in [-0.15, -0.1) is 0 Å². The molecule has 15 aromatic carbocycles. The second-order valence-corrected chi connectivity index (χ2v) is 39.6. The van der Waals surface area contributed by atoms with Gasteiger partial charge in [-0.25, -0.2) is 4.98 Å². The molecule has 0 spiro atoms. The number of benzene rings is 15. The maximum atomic E-state index is 17.5. The number of unbranched alkanes of at least 4 members (excludes halogenated alkanes) is 36. The van der Waals surface area contributed by atoms with Gasteiger partial charge >= 0.3 is 0 Å². The number of nitrogens with one attached hydrogen (secondary N) is 1. The fourth-order valence-electron chi connectivity index (χ4n) is 22.1. The van der Waals surface area contributed by atoms with Crippen molar-refractivity contribution in [2.24, 2.45) is 0 Å². The van der Waals surface area contributed by atoms with Gasteiger partial charge < -0.3 is 29.2 Å².